The van der Waals surface area contributed by atoms with Crippen molar-refractivity contribution in [2.75, 3.05) is 7.11 Å². The van der Waals surface area contributed by atoms with E-state index in [4.69, 9.17) is 6.42 Å². The molecule has 0 radical (unpaired) electrons. The van der Waals surface area contributed by atoms with Crippen LogP contribution in [0.5, 0.6) is 0 Å². The summed E-state index contributed by atoms with van der Waals surface area (Å²) in [6, 6.07) is 0. The van der Waals surface area contributed by atoms with Crippen molar-refractivity contribution in [3.8, 4) is 12.3 Å². The van der Waals surface area contributed by atoms with Gasteiger partial charge >= 0.3 is 5.97 Å². The Bertz CT molecular complexity index is 338. The average molecular weight is 195 g/mol. The number of carbonyl (C=O) groups excluding carboxylic acids is 1. The Balaban J connectivity index is 2.46. The van der Waals surface area contributed by atoms with Gasteiger partial charge in [-0.15, -0.1) is 17.8 Å². The monoisotopic (exact) mass is 195 g/mol. The minimum Gasteiger partial charge on any atom is -0.469 e. The molecule has 13 heavy (non-hydrogen) atoms. The Kier molecular flexibility index (Phi) is 3.47. The number of aromatic nitrogens is 1. The van der Waals surface area contributed by atoms with E-state index in [1.54, 1.807) is 6.20 Å². The lowest BCUT2D eigenvalue weighted by Gasteiger charge is -1.95. The van der Waals surface area contributed by atoms with Crippen molar-refractivity contribution >= 4 is 17.3 Å². The van der Waals surface area contributed by atoms with Crippen LogP contribution in [0.15, 0.2) is 6.20 Å². The number of esters is 1. The second kappa shape index (κ2) is 4.63. The second-order valence-electron chi connectivity index (χ2n) is 2.35. The van der Waals surface area contributed by atoms with E-state index < -0.39 is 0 Å². The normalized spacial score (nSPS) is 9.23. The summed E-state index contributed by atoms with van der Waals surface area (Å²) >= 11 is 1.43. The largest absolute Gasteiger partial charge is 0.469 e. The van der Waals surface area contributed by atoms with Gasteiger partial charge in [0.2, 0.25) is 0 Å². The molecule has 0 atom stereocenters. The molecule has 0 saturated heterocycles. The lowest BCUT2D eigenvalue weighted by molar-refractivity contribution is -0.140. The highest BCUT2D eigenvalue weighted by Gasteiger charge is 2.03. The number of nitrogens with zero attached hydrogens (tertiary/aromatic N) is 1. The van der Waals surface area contributed by atoms with E-state index in [1.165, 1.54) is 18.4 Å². The van der Waals surface area contributed by atoms with Gasteiger partial charge in [-0.25, -0.2) is 4.98 Å². The van der Waals surface area contributed by atoms with Crippen LogP contribution in [0.4, 0.5) is 0 Å². The van der Waals surface area contributed by atoms with Gasteiger partial charge in [0.15, 0.2) is 5.01 Å². The van der Waals surface area contributed by atoms with Crippen LogP contribution in [0.25, 0.3) is 0 Å². The van der Waals surface area contributed by atoms with Crippen LogP contribution in [0.2, 0.25) is 0 Å². The third-order valence-electron chi connectivity index (χ3n) is 1.48. The zero-order valence-electron chi connectivity index (χ0n) is 7.24. The summed E-state index contributed by atoms with van der Waals surface area (Å²) < 4.78 is 4.51. The first-order valence-corrected chi connectivity index (χ1v) is 4.56. The molecule has 68 valence electrons. The third-order valence-corrected chi connectivity index (χ3v) is 2.47. The Hall–Kier alpha value is -1.34. The molecule has 0 aliphatic heterocycles. The number of ether oxygens (including phenoxy) is 1. The highest BCUT2D eigenvalue weighted by atomic mass is 32.1. The molecule has 3 nitrogen and oxygen atoms in total. The lowest BCUT2D eigenvalue weighted by atomic mass is 10.3. The number of hydrogen-bond donors (Lipinski definition) is 0. The molecule has 1 aromatic rings. The predicted molar refractivity (Wildman–Crippen MR) is 50.4 cm³/mol. The quantitative estimate of drug-likeness (QED) is 0.538. The van der Waals surface area contributed by atoms with E-state index in [1.807, 2.05) is 0 Å². The maximum atomic E-state index is 10.8. The van der Waals surface area contributed by atoms with Crippen LogP contribution in [-0.4, -0.2) is 18.1 Å². The fourth-order valence-corrected chi connectivity index (χ4v) is 1.54. The van der Waals surface area contributed by atoms with E-state index in [9.17, 15) is 4.79 Å². The first-order chi connectivity index (χ1) is 6.26. The van der Waals surface area contributed by atoms with E-state index in [-0.39, 0.29) is 5.97 Å². The maximum Gasteiger partial charge on any atom is 0.305 e. The van der Waals surface area contributed by atoms with Gasteiger partial charge in [0.1, 0.15) is 0 Å². The first-order valence-electron chi connectivity index (χ1n) is 3.74. The molecule has 1 aromatic heterocycles. The van der Waals surface area contributed by atoms with Crippen LogP contribution in [-0.2, 0) is 16.0 Å². The number of terminal acetylenes is 1. The Morgan fingerprint density at radius 1 is 1.85 bits per heavy atom. The molecule has 0 N–H and O–H groups in total. The molecule has 0 spiro atoms. The molecule has 0 unspecified atom stereocenters. The highest BCUT2D eigenvalue weighted by molar-refractivity contribution is 7.12. The van der Waals surface area contributed by atoms with Crippen LogP contribution in [0.1, 0.15) is 16.3 Å². The van der Waals surface area contributed by atoms with Crippen molar-refractivity contribution in [1.29, 1.82) is 0 Å². The number of thiazole rings is 1. The molecule has 0 bridgehead atoms. The number of hydrogen-bond acceptors (Lipinski definition) is 4. The number of methoxy groups -OCH3 is 1. The van der Waals surface area contributed by atoms with Crippen molar-refractivity contribution in [1.82, 2.24) is 4.98 Å². The minimum absolute atomic E-state index is 0.212. The lowest BCUT2D eigenvalue weighted by Crippen LogP contribution is -2.00. The Morgan fingerprint density at radius 3 is 3.15 bits per heavy atom. The molecule has 4 heteroatoms. The molecule has 0 aromatic carbocycles. The van der Waals surface area contributed by atoms with Crippen LogP contribution < -0.4 is 0 Å². The van der Waals surface area contributed by atoms with Gasteiger partial charge < -0.3 is 4.74 Å². The summed E-state index contributed by atoms with van der Waals surface area (Å²) in [7, 11) is 1.38. The number of carbonyl (C=O) groups is 1. The van der Waals surface area contributed by atoms with Gasteiger partial charge in [0.05, 0.1) is 13.5 Å². The maximum absolute atomic E-state index is 10.8. The summed E-state index contributed by atoms with van der Waals surface area (Å²) in [6.07, 6.45) is 7.87. The Labute approximate surface area is 80.8 Å². The zero-order chi connectivity index (χ0) is 9.68. The van der Waals surface area contributed by atoms with E-state index in [0.29, 0.717) is 17.8 Å². The zero-order valence-corrected chi connectivity index (χ0v) is 8.06. The summed E-state index contributed by atoms with van der Waals surface area (Å²) in [4.78, 5) is 15.8. The SMILES string of the molecule is C#Cc1ncc(CCC(=O)OC)s1. The Morgan fingerprint density at radius 2 is 2.62 bits per heavy atom. The fourth-order valence-electron chi connectivity index (χ4n) is 0.817. The van der Waals surface area contributed by atoms with Gasteiger partial charge in [-0.05, 0) is 12.3 Å². The molecule has 0 amide bonds. The van der Waals surface area contributed by atoms with Gasteiger partial charge in [-0.3, -0.25) is 4.79 Å². The molecule has 1 rings (SSSR count). The first kappa shape index (κ1) is 9.75. The molecular formula is C9H9NO2S. The molecule has 0 aliphatic rings. The van der Waals surface area contributed by atoms with E-state index in [2.05, 4.69) is 15.6 Å². The predicted octanol–water partition coefficient (Wildman–Crippen LogP) is 1.23. The topological polar surface area (TPSA) is 39.2 Å². The molecule has 0 fully saturated rings. The molecule has 1 heterocycles. The van der Waals surface area contributed by atoms with Crippen LogP contribution in [0.3, 0.4) is 0 Å². The van der Waals surface area contributed by atoms with Gasteiger partial charge in [-0.2, -0.15) is 0 Å². The summed E-state index contributed by atoms with van der Waals surface area (Å²) in [6.45, 7) is 0. The number of rotatable bonds is 3. The fraction of sp³-hybridized carbons (Fsp3) is 0.333. The summed E-state index contributed by atoms with van der Waals surface area (Å²) in [5.74, 6) is 2.23. The average Bonchev–Trinajstić information content (AvgIpc) is 2.61. The molecule has 0 saturated carbocycles. The van der Waals surface area contributed by atoms with E-state index >= 15 is 0 Å². The van der Waals surface area contributed by atoms with Crippen molar-refractivity contribution in [2.24, 2.45) is 0 Å². The second-order valence-corrected chi connectivity index (χ2v) is 3.47. The van der Waals surface area contributed by atoms with Crippen molar-refractivity contribution in [3.05, 3.63) is 16.1 Å². The standard InChI is InChI=1S/C9H9NO2S/c1-3-8-10-6-7(13-8)4-5-9(11)12-2/h1,6H,4-5H2,2H3. The highest BCUT2D eigenvalue weighted by Crippen LogP contribution is 2.13. The van der Waals surface area contributed by atoms with Crippen molar-refractivity contribution in [2.45, 2.75) is 12.8 Å². The van der Waals surface area contributed by atoms with Gasteiger partial charge in [0, 0.05) is 11.1 Å². The molecular weight excluding hydrogens is 186 g/mol. The smallest absolute Gasteiger partial charge is 0.305 e. The van der Waals surface area contributed by atoms with Crippen molar-refractivity contribution < 1.29 is 9.53 Å². The minimum atomic E-state index is -0.212. The number of aryl methyl sites for hydroxylation is 1. The van der Waals surface area contributed by atoms with Crippen LogP contribution >= 0.6 is 11.3 Å². The summed E-state index contributed by atoms with van der Waals surface area (Å²) in [5, 5.41) is 0.653. The van der Waals surface area contributed by atoms with Crippen molar-refractivity contribution in [3.63, 3.8) is 0 Å². The molecule has 0 aliphatic carbocycles. The van der Waals surface area contributed by atoms with E-state index in [0.717, 1.165) is 4.88 Å². The van der Waals surface area contributed by atoms with Gasteiger partial charge in [-0.1, -0.05) is 0 Å². The summed E-state index contributed by atoms with van der Waals surface area (Å²) in [5.41, 5.74) is 0. The third kappa shape index (κ3) is 2.88. The van der Waals surface area contributed by atoms with Gasteiger partial charge in [0.25, 0.3) is 0 Å². The van der Waals surface area contributed by atoms with Crippen LogP contribution in [0, 0.1) is 12.3 Å².